The number of ether oxygens (including phenoxy) is 1. The SMILES string of the molecule is COc1sc(C)c(CP(Br)(c2ccccc2)(c2ccccc2)c2ccccc2)c1C. The Morgan fingerprint density at radius 3 is 1.47 bits per heavy atom. The van der Waals surface area contributed by atoms with Crippen molar-refractivity contribution in [2.45, 2.75) is 20.0 Å². The van der Waals surface area contributed by atoms with Gasteiger partial charge in [-0.05, 0) is 0 Å². The molecule has 0 saturated heterocycles. The molecule has 0 amide bonds. The zero-order valence-electron chi connectivity index (χ0n) is 17.5. The summed E-state index contributed by atoms with van der Waals surface area (Å²) < 4.78 is 5.69. The molecule has 4 heteroatoms. The molecule has 0 fully saturated rings. The fourth-order valence-electron chi connectivity index (χ4n) is 4.32. The zero-order valence-corrected chi connectivity index (χ0v) is 20.8. The van der Waals surface area contributed by atoms with Crippen LogP contribution in [-0.2, 0) is 6.16 Å². The van der Waals surface area contributed by atoms with Crippen molar-refractivity contribution in [3.8, 4) is 5.06 Å². The number of methoxy groups -OCH3 is 1. The summed E-state index contributed by atoms with van der Waals surface area (Å²) in [5, 5.41) is 2.04. The van der Waals surface area contributed by atoms with Crippen molar-refractivity contribution >= 4 is 48.0 Å². The van der Waals surface area contributed by atoms with E-state index >= 15 is 0 Å². The summed E-state index contributed by atoms with van der Waals surface area (Å²) in [5.74, 6) is 0. The summed E-state index contributed by atoms with van der Waals surface area (Å²) in [5.41, 5.74) is 2.62. The van der Waals surface area contributed by atoms with Gasteiger partial charge in [-0.15, -0.1) is 0 Å². The standard InChI is InChI=1S/C26H26BrOPS/c1-20-25(21(2)30-26(20)28-3)19-29(27,22-13-7-4-8-14-22,23-15-9-5-10-16-23)24-17-11-6-12-18-24/h4-18H,19H2,1-3H3. The molecule has 0 saturated carbocycles. The maximum absolute atomic E-state index is 5.69. The Kier molecular flexibility index (Phi) is 5.90. The monoisotopic (exact) mass is 496 g/mol. The van der Waals surface area contributed by atoms with Crippen LogP contribution in [-0.4, -0.2) is 7.11 Å². The van der Waals surface area contributed by atoms with E-state index in [9.17, 15) is 0 Å². The molecular formula is C26H26BrOPS. The van der Waals surface area contributed by atoms with Crippen molar-refractivity contribution in [1.29, 1.82) is 0 Å². The molecule has 1 nitrogen and oxygen atoms in total. The second-order valence-corrected chi connectivity index (χ2v) is 17.7. The van der Waals surface area contributed by atoms with Crippen LogP contribution in [0.15, 0.2) is 91.0 Å². The Hall–Kier alpha value is -1.93. The van der Waals surface area contributed by atoms with E-state index in [2.05, 4.69) is 120 Å². The van der Waals surface area contributed by atoms with Gasteiger partial charge in [-0.1, -0.05) is 0 Å². The van der Waals surface area contributed by atoms with Crippen molar-refractivity contribution in [3.05, 3.63) is 107 Å². The van der Waals surface area contributed by atoms with E-state index in [1.807, 2.05) is 0 Å². The molecule has 3 aromatic carbocycles. The minimum atomic E-state index is -2.98. The van der Waals surface area contributed by atoms with Crippen LogP contribution in [0.5, 0.6) is 5.06 Å². The molecule has 4 rings (SSSR count). The Morgan fingerprint density at radius 2 is 1.13 bits per heavy atom. The molecule has 0 unspecified atom stereocenters. The predicted octanol–water partition coefficient (Wildman–Crippen LogP) is 6.71. The van der Waals surface area contributed by atoms with Gasteiger partial charge >= 0.3 is 192 Å². The number of rotatable bonds is 6. The van der Waals surface area contributed by atoms with Crippen molar-refractivity contribution in [1.82, 2.24) is 0 Å². The zero-order chi connectivity index (χ0) is 21.2. The summed E-state index contributed by atoms with van der Waals surface area (Å²) >= 11 is 6.29. The van der Waals surface area contributed by atoms with Crippen LogP contribution in [0.25, 0.3) is 0 Å². The molecule has 0 spiro atoms. The molecule has 154 valence electrons. The average Bonchev–Trinajstić information content (AvgIpc) is 3.08. The van der Waals surface area contributed by atoms with Gasteiger partial charge in [-0.25, -0.2) is 0 Å². The van der Waals surface area contributed by atoms with Crippen molar-refractivity contribution in [3.63, 3.8) is 0 Å². The Labute approximate surface area is 191 Å². The van der Waals surface area contributed by atoms with Gasteiger partial charge in [-0.3, -0.25) is 0 Å². The first kappa shape index (κ1) is 21.3. The van der Waals surface area contributed by atoms with Crippen LogP contribution >= 0.6 is 32.1 Å². The van der Waals surface area contributed by atoms with Gasteiger partial charge in [-0.2, -0.15) is 0 Å². The van der Waals surface area contributed by atoms with Crippen LogP contribution < -0.4 is 20.7 Å². The van der Waals surface area contributed by atoms with Gasteiger partial charge in [0.05, 0.1) is 0 Å². The third kappa shape index (κ3) is 3.34. The summed E-state index contributed by atoms with van der Waals surface area (Å²) in [7, 11) is 1.77. The Bertz CT molecular complexity index is 1040. The molecule has 0 aliphatic rings. The molecule has 0 bridgehead atoms. The third-order valence-electron chi connectivity index (χ3n) is 5.95. The topological polar surface area (TPSA) is 9.23 Å². The van der Waals surface area contributed by atoms with E-state index in [4.69, 9.17) is 4.74 Å². The van der Waals surface area contributed by atoms with Crippen LogP contribution in [0.2, 0.25) is 0 Å². The average molecular weight is 497 g/mol. The normalized spacial score (nSPS) is 12.9. The van der Waals surface area contributed by atoms with Crippen molar-refractivity contribution in [2.24, 2.45) is 0 Å². The van der Waals surface area contributed by atoms with E-state index in [0.717, 1.165) is 11.2 Å². The summed E-state index contributed by atoms with van der Waals surface area (Å²) in [6, 6.07) is 32.9. The van der Waals surface area contributed by atoms with Crippen LogP contribution in [0, 0.1) is 13.8 Å². The second kappa shape index (κ2) is 8.30. The minimum absolute atomic E-state index is 0.904. The van der Waals surface area contributed by atoms with Gasteiger partial charge in [0, 0.05) is 0 Å². The molecule has 0 aliphatic carbocycles. The van der Waals surface area contributed by atoms with Crippen LogP contribution in [0.3, 0.4) is 0 Å². The van der Waals surface area contributed by atoms with E-state index in [0.29, 0.717) is 0 Å². The number of thiophene rings is 1. The number of benzene rings is 3. The molecule has 4 aromatic rings. The van der Waals surface area contributed by atoms with Gasteiger partial charge in [0.25, 0.3) is 0 Å². The van der Waals surface area contributed by atoms with Crippen molar-refractivity contribution in [2.75, 3.05) is 7.11 Å². The maximum atomic E-state index is 5.69. The first-order chi connectivity index (χ1) is 14.5. The van der Waals surface area contributed by atoms with Crippen molar-refractivity contribution < 1.29 is 4.74 Å². The molecule has 0 aliphatic heterocycles. The number of hydrogen-bond donors (Lipinski definition) is 0. The molecule has 0 atom stereocenters. The molecule has 1 aromatic heterocycles. The molecule has 30 heavy (non-hydrogen) atoms. The first-order valence-electron chi connectivity index (χ1n) is 10.0. The fraction of sp³-hybridized carbons (Fsp3) is 0.154. The van der Waals surface area contributed by atoms with Gasteiger partial charge in [0.2, 0.25) is 0 Å². The van der Waals surface area contributed by atoms with E-state index in [1.54, 1.807) is 18.4 Å². The fourth-order valence-corrected chi connectivity index (χ4v) is 13.2. The quantitative estimate of drug-likeness (QED) is 0.269. The second-order valence-electron chi connectivity index (χ2n) is 7.60. The number of halogens is 1. The van der Waals surface area contributed by atoms with Gasteiger partial charge in [0.15, 0.2) is 0 Å². The molecule has 0 radical (unpaired) electrons. The van der Waals surface area contributed by atoms with Crippen LogP contribution in [0.1, 0.15) is 16.0 Å². The summed E-state index contributed by atoms with van der Waals surface area (Å²) in [6.07, 6.45) is 0.904. The Morgan fingerprint density at radius 1 is 0.733 bits per heavy atom. The predicted molar refractivity (Wildman–Crippen MR) is 138 cm³/mol. The van der Waals surface area contributed by atoms with E-state index in [-0.39, 0.29) is 0 Å². The number of hydrogen-bond acceptors (Lipinski definition) is 2. The first-order valence-corrected chi connectivity index (χ1v) is 15.3. The number of aryl methyl sites for hydroxylation is 1. The summed E-state index contributed by atoms with van der Waals surface area (Å²) in [6.45, 7) is 4.40. The summed E-state index contributed by atoms with van der Waals surface area (Å²) in [4.78, 5) is 1.32. The van der Waals surface area contributed by atoms with Crippen LogP contribution in [0.4, 0.5) is 0 Å². The molecular weight excluding hydrogens is 471 g/mol. The van der Waals surface area contributed by atoms with Gasteiger partial charge in [0.1, 0.15) is 0 Å². The van der Waals surface area contributed by atoms with E-state index < -0.39 is 5.31 Å². The third-order valence-corrected chi connectivity index (χ3v) is 16.6. The Balaban J connectivity index is 2.11. The van der Waals surface area contributed by atoms with Gasteiger partial charge < -0.3 is 0 Å². The molecule has 0 N–H and O–H groups in total. The van der Waals surface area contributed by atoms with E-state index in [1.165, 1.54) is 31.9 Å². The molecule has 1 heterocycles.